The van der Waals surface area contributed by atoms with Crippen LogP contribution in [0.5, 0.6) is 0 Å². The second-order valence-corrected chi connectivity index (χ2v) is 5.19. The lowest BCUT2D eigenvalue weighted by molar-refractivity contribution is 0.0689. The molecule has 0 bridgehead atoms. The first-order valence-electron chi connectivity index (χ1n) is 7.04. The molecule has 0 unspecified atom stereocenters. The SMILES string of the molecule is Cc1ccccc1-n1nnc(C(=O)O)c1Cc1ccc(F)cc1. The van der Waals surface area contributed by atoms with Gasteiger partial charge in [-0.05, 0) is 36.2 Å². The maximum atomic E-state index is 13.0. The number of aromatic nitrogens is 3. The topological polar surface area (TPSA) is 68.0 Å². The third-order valence-corrected chi connectivity index (χ3v) is 3.59. The number of benzene rings is 2. The van der Waals surface area contributed by atoms with Crippen molar-refractivity contribution in [1.82, 2.24) is 15.0 Å². The van der Waals surface area contributed by atoms with Crippen LogP contribution in [0, 0.1) is 12.7 Å². The van der Waals surface area contributed by atoms with Crippen LogP contribution in [0.4, 0.5) is 4.39 Å². The number of carboxylic acid groups (broad SMARTS) is 1. The summed E-state index contributed by atoms with van der Waals surface area (Å²) in [6.07, 6.45) is 0.295. The summed E-state index contributed by atoms with van der Waals surface area (Å²) in [5.74, 6) is -1.47. The van der Waals surface area contributed by atoms with Crippen LogP contribution < -0.4 is 0 Å². The predicted molar refractivity (Wildman–Crippen MR) is 82.3 cm³/mol. The van der Waals surface area contributed by atoms with Gasteiger partial charge in [0.05, 0.1) is 11.4 Å². The second kappa shape index (κ2) is 6.00. The average molecular weight is 311 g/mol. The van der Waals surface area contributed by atoms with E-state index < -0.39 is 5.97 Å². The Kier molecular flexibility index (Phi) is 3.89. The summed E-state index contributed by atoms with van der Waals surface area (Å²) >= 11 is 0. The van der Waals surface area contributed by atoms with Gasteiger partial charge in [-0.3, -0.25) is 0 Å². The molecule has 5 nitrogen and oxygen atoms in total. The Morgan fingerprint density at radius 2 is 1.87 bits per heavy atom. The maximum Gasteiger partial charge on any atom is 0.358 e. The van der Waals surface area contributed by atoms with Gasteiger partial charge in [0.25, 0.3) is 0 Å². The van der Waals surface area contributed by atoms with Crippen molar-refractivity contribution in [2.45, 2.75) is 13.3 Å². The minimum absolute atomic E-state index is 0.0995. The van der Waals surface area contributed by atoms with E-state index >= 15 is 0 Å². The quantitative estimate of drug-likeness (QED) is 0.804. The van der Waals surface area contributed by atoms with Gasteiger partial charge in [0.2, 0.25) is 0 Å². The molecule has 0 radical (unpaired) electrons. The fraction of sp³-hybridized carbons (Fsp3) is 0.118. The van der Waals surface area contributed by atoms with Crippen LogP contribution in [0.25, 0.3) is 5.69 Å². The number of aromatic carboxylic acids is 1. The molecular weight excluding hydrogens is 297 g/mol. The smallest absolute Gasteiger partial charge is 0.358 e. The Balaban J connectivity index is 2.10. The molecule has 0 spiro atoms. The van der Waals surface area contributed by atoms with Gasteiger partial charge >= 0.3 is 5.97 Å². The second-order valence-electron chi connectivity index (χ2n) is 5.19. The number of para-hydroxylation sites is 1. The van der Waals surface area contributed by atoms with Gasteiger partial charge in [0.15, 0.2) is 5.69 Å². The lowest BCUT2D eigenvalue weighted by atomic mass is 10.1. The highest BCUT2D eigenvalue weighted by molar-refractivity contribution is 5.86. The minimum Gasteiger partial charge on any atom is -0.476 e. The molecule has 1 N–H and O–H groups in total. The standard InChI is InChI=1S/C17H14FN3O2/c1-11-4-2-3-5-14(11)21-15(16(17(22)23)19-20-21)10-12-6-8-13(18)9-7-12/h2-9H,10H2,1H3,(H,22,23). The van der Waals surface area contributed by atoms with Gasteiger partial charge in [0.1, 0.15) is 5.82 Å². The van der Waals surface area contributed by atoms with E-state index in [2.05, 4.69) is 10.3 Å². The molecule has 1 heterocycles. The third kappa shape index (κ3) is 2.96. The average Bonchev–Trinajstić information content (AvgIpc) is 2.94. The van der Waals surface area contributed by atoms with Crippen LogP contribution >= 0.6 is 0 Å². The Bertz CT molecular complexity index is 857. The summed E-state index contributed by atoms with van der Waals surface area (Å²) in [7, 11) is 0. The third-order valence-electron chi connectivity index (χ3n) is 3.59. The fourth-order valence-electron chi connectivity index (χ4n) is 2.42. The highest BCUT2D eigenvalue weighted by Crippen LogP contribution is 2.20. The summed E-state index contributed by atoms with van der Waals surface area (Å²) in [5.41, 5.74) is 2.86. The summed E-state index contributed by atoms with van der Waals surface area (Å²) in [4.78, 5) is 11.4. The highest BCUT2D eigenvalue weighted by atomic mass is 19.1. The Morgan fingerprint density at radius 3 is 2.52 bits per heavy atom. The van der Waals surface area contributed by atoms with E-state index in [1.165, 1.54) is 16.8 Å². The number of hydrogen-bond acceptors (Lipinski definition) is 3. The number of hydrogen-bond donors (Lipinski definition) is 1. The molecule has 116 valence electrons. The summed E-state index contributed by atoms with van der Waals surface area (Å²) in [6.45, 7) is 1.92. The van der Waals surface area contributed by atoms with Crippen molar-refractivity contribution < 1.29 is 14.3 Å². The largest absolute Gasteiger partial charge is 0.476 e. The first-order valence-corrected chi connectivity index (χ1v) is 7.04. The van der Waals surface area contributed by atoms with Crippen LogP contribution in [-0.4, -0.2) is 26.1 Å². The molecule has 1 aromatic heterocycles. The van der Waals surface area contributed by atoms with Gasteiger partial charge < -0.3 is 5.11 Å². The molecule has 0 atom stereocenters. The van der Waals surface area contributed by atoms with Gasteiger partial charge in [-0.15, -0.1) is 5.10 Å². The Morgan fingerprint density at radius 1 is 1.17 bits per heavy atom. The van der Waals surface area contributed by atoms with E-state index in [4.69, 9.17) is 0 Å². The molecule has 0 saturated carbocycles. The van der Waals surface area contributed by atoms with E-state index in [-0.39, 0.29) is 11.5 Å². The summed E-state index contributed by atoms with van der Waals surface area (Å²) in [5, 5.41) is 17.1. The number of aryl methyl sites for hydroxylation is 1. The number of nitrogens with zero attached hydrogens (tertiary/aromatic N) is 3. The van der Waals surface area contributed by atoms with E-state index in [1.54, 1.807) is 12.1 Å². The highest BCUT2D eigenvalue weighted by Gasteiger charge is 2.20. The van der Waals surface area contributed by atoms with Gasteiger partial charge in [-0.2, -0.15) is 0 Å². The first kappa shape index (κ1) is 14.9. The molecule has 2 aromatic carbocycles. The minimum atomic E-state index is -1.14. The van der Waals surface area contributed by atoms with Crippen molar-refractivity contribution in [2.75, 3.05) is 0 Å². The zero-order valence-electron chi connectivity index (χ0n) is 12.4. The zero-order valence-corrected chi connectivity index (χ0v) is 12.4. The van der Waals surface area contributed by atoms with Crippen molar-refractivity contribution in [3.63, 3.8) is 0 Å². The van der Waals surface area contributed by atoms with Gasteiger partial charge in [-0.1, -0.05) is 35.5 Å². The fourth-order valence-corrected chi connectivity index (χ4v) is 2.42. The molecule has 3 aromatic rings. The molecule has 6 heteroatoms. The van der Waals surface area contributed by atoms with E-state index in [1.807, 2.05) is 31.2 Å². The van der Waals surface area contributed by atoms with Crippen molar-refractivity contribution in [1.29, 1.82) is 0 Å². The summed E-state index contributed by atoms with van der Waals surface area (Å²) in [6, 6.07) is 13.4. The predicted octanol–water partition coefficient (Wildman–Crippen LogP) is 3.00. The maximum absolute atomic E-state index is 13.0. The van der Waals surface area contributed by atoms with Gasteiger partial charge in [0, 0.05) is 6.42 Å². The first-order chi connectivity index (χ1) is 11.1. The molecule has 0 saturated heterocycles. The molecule has 0 aliphatic carbocycles. The zero-order chi connectivity index (χ0) is 16.4. The van der Waals surface area contributed by atoms with E-state index in [9.17, 15) is 14.3 Å². The van der Waals surface area contributed by atoms with Crippen molar-refractivity contribution in [2.24, 2.45) is 0 Å². The van der Waals surface area contributed by atoms with Crippen LogP contribution in [-0.2, 0) is 6.42 Å². The summed E-state index contributed by atoms with van der Waals surface area (Å²) < 4.78 is 14.6. The monoisotopic (exact) mass is 311 g/mol. The van der Waals surface area contributed by atoms with E-state index in [0.717, 1.165) is 16.8 Å². The van der Waals surface area contributed by atoms with Crippen LogP contribution in [0.2, 0.25) is 0 Å². The lowest BCUT2D eigenvalue weighted by Crippen LogP contribution is -2.08. The van der Waals surface area contributed by atoms with Crippen LogP contribution in [0.1, 0.15) is 27.3 Å². The van der Waals surface area contributed by atoms with Crippen molar-refractivity contribution in [3.8, 4) is 5.69 Å². The van der Waals surface area contributed by atoms with E-state index in [0.29, 0.717) is 12.1 Å². The molecule has 0 aliphatic heterocycles. The van der Waals surface area contributed by atoms with Crippen LogP contribution in [0.3, 0.4) is 0 Å². The van der Waals surface area contributed by atoms with Crippen LogP contribution in [0.15, 0.2) is 48.5 Å². The number of rotatable bonds is 4. The Labute approximate surface area is 132 Å². The molecule has 0 aliphatic rings. The molecule has 0 fully saturated rings. The molecule has 23 heavy (non-hydrogen) atoms. The molecule has 0 amide bonds. The molecular formula is C17H14FN3O2. The van der Waals surface area contributed by atoms with Crippen molar-refractivity contribution >= 4 is 5.97 Å². The normalized spacial score (nSPS) is 10.7. The lowest BCUT2D eigenvalue weighted by Gasteiger charge is -2.09. The number of halogens is 1. The number of carboxylic acids is 1. The van der Waals surface area contributed by atoms with Gasteiger partial charge in [-0.25, -0.2) is 13.9 Å². The number of carbonyl (C=O) groups is 1. The van der Waals surface area contributed by atoms with Crippen molar-refractivity contribution in [3.05, 3.63) is 76.9 Å². The Hall–Kier alpha value is -3.02. The molecule has 3 rings (SSSR count).